The molecule has 33 heavy (non-hydrogen) atoms. The van der Waals surface area contributed by atoms with Gasteiger partial charge in [0.2, 0.25) is 5.95 Å². The molecule has 2 heterocycles. The molecule has 0 fully saturated rings. The van der Waals surface area contributed by atoms with Crippen LogP contribution in [0.15, 0.2) is 36.4 Å². The highest BCUT2D eigenvalue weighted by atomic mass is 32.1. The molecule has 2 aromatic carbocycles. The average Bonchev–Trinajstić information content (AvgIpc) is 3.30. The third-order valence-electron chi connectivity index (χ3n) is 4.93. The van der Waals surface area contributed by atoms with Gasteiger partial charge in [0.1, 0.15) is 5.75 Å². The van der Waals surface area contributed by atoms with Crippen LogP contribution >= 0.6 is 11.3 Å². The van der Waals surface area contributed by atoms with Gasteiger partial charge in [0.25, 0.3) is 0 Å². The van der Waals surface area contributed by atoms with Crippen molar-refractivity contribution in [3.8, 4) is 5.75 Å². The lowest BCUT2D eigenvalue weighted by Crippen LogP contribution is -2.16. The third kappa shape index (κ3) is 5.24. The van der Waals surface area contributed by atoms with E-state index in [1.54, 1.807) is 29.8 Å². The molecular weight excluding hydrogens is 461 g/mol. The maximum atomic E-state index is 12.5. The number of carbonyl (C=O) groups is 1. The molecule has 0 radical (unpaired) electrons. The van der Waals surface area contributed by atoms with Crippen LogP contribution in [0, 0.1) is 0 Å². The number of aliphatic hydroxyl groups is 2. The van der Waals surface area contributed by atoms with E-state index in [4.69, 9.17) is 5.11 Å². The van der Waals surface area contributed by atoms with Crippen LogP contribution in [0.1, 0.15) is 23.2 Å². The van der Waals surface area contributed by atoms with Crippen molar-refractivity contribution < 1.29 is 32.9 Å². The van der Waals surface area contributed by atoms with Crippen molar-refractivity contribution in [1.29, 1.82) is 0 Å². The van der Waals surface area contributed by atoms with E-state index in [0.29, 0.717) is 32.4 Å². The molecular formula is C21H19F3N4O4S. The third-order valence-corrected chi connectivity index (χ3v) is 5.86. The number of rotatable bonds is 8. The lowest BCUT2D eigenvalue weighted by atomic mass is 10.0. The van der Waals surface area contributed by atoms with E-state index in [1.165, 1.54) is 18.2 Å². The van der Waals surface area contributed by atoms with Crippen molar-refractivity contribution in [2.24, 2.45) is 7.05 Å². The first-order valence-corrected chi connectivity index (χ1v) is 10.7. The summed E-state index contributed by atoms with van der Waals surface area (Å²) >= 11 is 1.15. The second-order valence-corrected chi connectivity index (χ2v) is 8.35. The number of aromatic nitrogens is 3. The molecule has 3 N–H and O–H groups in total. The molecule has 0 aliphatic heterocycles. The number of hydrogen-bond donors (Lipinski definition) is 3. The number of nitrogens with zero attached hydrogens (tertiary/aromatic N) is 3. The Balaban J connectivity index is 1.55. The predicted molar refractivity (Wildman–Crippen MR) is 117 cm³/mol. The number of hydrogen-bond acceptors (Lipinski definition) is 8. The number of imidazole rings is 1. The van der Waals surface area contributed by atoms with E-state index in [1.807, 2.05) is 0 Å². The second-order valence-electron chi connectivity index (χ2n) is 7.32. The summed E-state index contributed by atoms with van der Waals surface area (Å²) in [7, 11) is 1.78. The fourth-order valence-corrected chi connectivity index (χ4v) is 4.16. The van der Waals surface area contributed by atoms with Gasteiger partial charge in [0.15, 0.2) is 10.9 Å². The first-order valence-electron chi connectivity index (χ1n) is 9.85. The maximum Gasteiger partial charge on any atom is 0.573 e. The number of carbonyl (C=O) groups excluding carboxylic acids is 1. The van der Waals surface area contributed by atoms with Gasteiger partial charge in [-0.3, -0.25) is 4.79 Å². The van der Waals surface area contributed by atoms with Crippen molar-refractivity contribution in [1.82, 2.24) is 14.5 Å². The minimum absolute atomic E-state index is 0.0942. The molecule has 4 aromatic rings. The molecule has 0 aliphatic carbocycles. The molecule has 0 unspecified atom stereocenters. The highest BCUT2D eigenvalue weighted by Gasteiger charge is 2.31. The summed E-state index contributed by atoms with van der Waals surface area (Å²) in [5.74, 6) is -0.0552. The van der Waals surface area contributed by atoms with Crippen LogP contribution in [0.25, 0.3) is 21.3 Å². The summed E-state index contributed by atoms with van der Waals surface area (Å²) in [6, 6.07) is 8.98. The molecule has 2 aromatic heterocycles. The Hall–Kier alpha value is -3.22. The number of alkyl halides is 3. The van der Waals surface area contributed by atoms with Gasteiger partial charge in [-0.25, -0.2) is 9.97 Å². The predicted octanol–water partition coefficient (Wildman–Crippen LogP) is 4.14. The molecule has 0 saturated carbocycles. The normalized spacial score (nSPS) is 12.9. The Kier molecular flexibility index (Phi) is 6.23. The van der Waals surface area contributed by atoms with Crippen molar-refractivity contribution >= 4 is 49.4 Å². The van der Waals surface area contributed by atoms with E-state index in [2.05, 4.69) is 20.0 Å². The van der Waals surface area contributed by atoms with Crippen molar-refractivity contribution in [2.45, 2.75) is 25.3 Å². The van der Waals surface area contributed by atoms with Crippen molar-refractivity contribution in [2.75, 3.05) is 11.9 Å². The number of nitrogens with one attached hydrogen (secondary N) is 1. The van der Waals surface area contributed by atoms with Gasteiger partial charge in [0.05, 0.1) is 34.0 Å². The molecule has 1 atom stereocenters. The number of Topliss-reactive ketones (excluding diaryl/α,β-unsaturated/α-hetero) is 1. The van der Waals surface area contributed by atoms with Crippen molar-refractivity contribution in [3.05, 3.63) is 42.0 Å². The minimum atomic E-state index is -4.77. The lowest BCUT2D eigenvalue weighted by molar-refractivity contribution is -0.274. The molecule has 12 heteroatoms. The number of ketones is 1. The van der Waals surface area contributed by atoms with Gasteiger partial charge >= 0.3 is 6.36 Å². The van der Waals surface area contributed by atoms with Gasteiger partial charge in [0, 0.05) is 25.1 Å². The number of fused-ring (bicyclic) bond motifs is 2. The summed E-state index contributed by atoms with van der Waals surface area (Å²) in [4.78, 5) is 21.2. The number of ether oxygens (including phenoxy) is 1. The molecule has 0 aliphatic rings. The number of benzene rings is 2. The standard InChI is InChI=1S/C21H19F3N4O4S/c1-28-16-6-2-11(17(31)7-3-12(30)10-29)8-15(16)25-19(28)27-20-26-14-5-4-13(9-18(14)33-20)32-21(22,23)24/h2,4-6,8-9,12,29-30H,3,7,10H2,1H3,(H,25,26,27)/t12-/m1/s1. The number of thiazole rings is 1. The highest BCUT2D eigenvalue weighted by Crippen LogP contribution is 2.33. The van der Waals surface area contributed by atoms with Gasteiger partial charge in [-0.05, 0) is 36.8 Å². The first-order chi connectivity index (χ1) is 15.6. The fourth-order valence-electron chi connectivity index (χ4n) is 3.27. The Bertz CT molecular complexity index is 1320. The van der Waals surface area contributed by atoms with Crippen LogP contribution < -0.4 is 10.1 Å². The Labute approximate surface area is 189 Å². The van der Waals surface area contributed by atoms with E-state index in [0.717, 1.165) is 16.9 Å². The zero-order chi connectivity index (χ0) is 23.8. The number of aliphatic hydroxyl groups excluding tert-OH is 2. The van der Waals surface area contributed by atoms with E-state index in [-0.39, 0.29) is 24.4 Å². The summed E-state index contributed by atoms with van der Waals surface area (Å²) in [5, 5.41) is 21.8. The SMILES string of the molecule is Cn1c(Nc2nc3ccc(OC(F)(F)F)cc3s2)nc2cc(C(=O)CC[C@@H](O)CO)ccc21. The van der Waals surface area contributed by atoms with E-state index < -0.39 is 19.1 Å². The van der Waals surface area contributed by atoms with Crippen LogP contribution in [0.2, 0.25) is 0 Å². The molecule has 0 spiro atoms. The fraction of sp³-hybridized carbons (Fsp3) is 0.286. The average molecular weight is 480 g/mol. The summed E-state index contributed by atoms with van der Waals surface area (Å²) in [6.07, 6.45) is -5.45. The van der Waals surface area contributed by atoms with Gasteiger partial charge < -0.3 is 24.8 Å². The summed E-state index contributed by atoms with van der Waals surface area (Å²) in [5.41, 5.74) is 2.27. The van der Waals surface area contributed by atoms with Gasteiger partial charge in [-0.2, -0.15) is 0 Å². The van der Waals surface area contributed by atoms with E-state index in [9.17, 15) is 23.1 Å². The topological polar surface area (TPSA) is 110 Å². The molecule has 0 bridgehead atoms. The van der Waals surface area contributed by atoms with Crippen LogP contribution in [0.4, 0.5) is 24.3 Å². The highest BCUT2D eigenvalue weighted by molar-refractivity contribution is 7.22. The molecule has 8 nitrogen and oxygen atoms in total. The monoisotopic (exact) mass is 480 g/mol. The molecule has 0 saturated heterocycles. The summed E-state index contributed by atoms with van der Waals surface area (Å²) in [6.45, 7) is -0.399. The smallest absolute Gasteiger partial charge is 0.406 e. The Morgan fingerprint density at radius 3 is 2.73 bits per heavy atom. The van der Waals surface area contributed by atoms with Crippen LogP contribution in [-0.4, -0.2) is 49.6 Å². The lowest BCUT2D eigenvalue weighted by Gasteiger charge is -2.07. The first kappa shape index (κ1) is 23.0. The zero-order valence-corrected chi connectivity index (χ0v) is 18.1. The number of aryl methyl sites for hydroxylation is 1. The number of halogens is 3. The van der Waals surface area contributed by atoms with Gasteiger partial charge in [-0.15, -0.1) is 13.2 Å². The minimum Gasteiger partial charge on any atom is -0.406 e. The second kappa shape index (κ2) is 8.96. The Morgan fingerprint density at radius 2 is 2.00 bits per heavy atom. The quantitative estimate of drug-likeness (QED) is 0.325. The molecule has 0 amide bonds. The van der Waals surface area contributed by atoms with Crippen LogP contribution in [0.5, 0.6) is 5.75 Å². The van der Waals surface area contributed by atoms with Crippen LogP contribution in [-0.2, 0) is 7.05 Å². The van der Waals surface area contributed by atoms with Crippen LogP contribution in [0.3, 0.4) is 0 Å². The Morgan fingerprint density at radius 1 is 1.21 bits per heavy atom. The largest absolute Gasteiger partial charge is 0.573 e. The maximum absolute atomic E-state index is 12.5. The molecule has 4 rings (SSSR count). The number of anilines is 2. The van der Waals surface area contributed by atoms with E-state index >= 15 is 0 Å². The summed E-state index contributed by atoms with van der Waals surface area (Å²) < 4.78 is 43.6. The van der Waals surface area contributed by atoms with Crippen molar-refractivity contribution in [3.63, 3.8) is 0 Å². The zero-order valence-electron chi connectivity index (χ0n) is 17.3. The molecule has 174 valence electrons. The van der Waals surface area contributed by atoms with Gasteiger partial charge in [-0.1, -0.05) is 11.3 Å².